The van der Waals surface area contributed by atoms with Gasteiger partial charge in [-0.1, -0.05) is 0 Å². The summed E-state index contributed by atoms with van der Waals surface area (Å²) in [7, 11) is 1.69. The number of aliphatic hydroxyl groups is 1. The number of nitrogens with one attached hydrogen (secondary N) is 1. The van der Waals surface area contributed by atoms with Crippen LogP contribution in [0, 0.1) is 0 Å². The lowest BCUT2D eigenvalue weighted by atomic mass is 10.2. The molecule has 2 N–H and O–H groups in total. The van der Waals surface area contributed by atoms with Crippen LogP contribution >= 0.6 is 11.8 Å². The predicted molar refractivity (Wildman–Crippen MR) is 58.3 cm³/mol. The molecule has 0 aromatic heterocycles. The Labute approximate surface area is 85.2 Å². The lowest BCUT2D eigenvalue weighted by Crippen LogP contribution is -2.41. The summed E-state index contributed by atoms with van der Waals surface area (Å²) in [5.74, 6) is 1.08. The highest BCUT2D eigenvalue weighted by molar-refractivity contribution is 7.98. The van der Waals surface area contributed by atoms with Crippen LogP contribution in [0.2, 0.25) is 0 Å². The van der Waals surface area contributed by atoms with E-state index in [-0.39, 0.29) is 12.6 Å². The molecule has 0 spiro atoms. The van der Waals surface area contributed by atoms with E-state index < -0.39 is 0 Å². The lowest BCUT2D eigenvalue weighted by Gasteiger charge is -2.20. The minimum Gasteiger partial charge on any atom is -0.395 e. The maximum absolute atomic E-state index is 9.06. The number of hydrogen-bond acceptors (Lipinski definition) is 4. The van der Waals surface area contributed by atoms with Crippen LogP contribution in [0.1, 0.15) is 13.3 Å². The zero-order valence-corrected chi connectivity index (χ0v) is 9.56. The maximum Gasteiger partial charge on any atom is 0.0613 e. The Morgan fingerprint density at radius 1 is 1.54 bits per heavy atom. The van der Waals surface area contributed by atoms with Crippen LogP contribution in [0.25, 0.3) is 0 Å². The van der Waals surface area contributed by atoms with Crippen molar-refractivity contribution < 1.29 is 9.84 Å². The molecule has 13 heavy (non-hydrogen) atoms. The van der Waals surface area contributed by atoms with Gasteiger partial charge in [-0.25, -0.2) is 0 Å². The van der Waals surface area contributed by atoms with E-state index in [1.807, 2.05) is 0 Å². The summed E-state index contributed by atoms with van der Waals surface area (Å²) in [6, 6.07) is 0.515. The first kappa shape index (κ1) is 13.2. The Balaban J connectivity index is 3.56. The van der Waals surface area contributed by atoms with E-state index in [0.29, 0.717) is 12.6 Å². The van der Waals surface area contributed by atoms with E-state index >= 15 is 0 Å². The second-order valence-corrected chi connectivity index (χ2v) is 4.17. The SMILES string of the molecule is COCC(C)NC(CO)CCSC. The quantitative estimate of drug-likeness (QED) is 0.615. The molecule has 80 valence electrons. The third-order valence-corrected chi connectivity index (χ3v) is 2.47. The van der Waals surface area contributed by atoms with Gasteiger partial charge in [0.15, 0.2) is 0 Å². The fourth-order valence-electron chi connectivity index (χ4n) is 1.19. The third-order valence-electron chi connectivity index (χ3n) is 1.83. The Morgan fingerprint density at radius 2 is 2.23 bits per heavy atom. The maximum atomic E-state index is 9.06. The molecular weight excluding hydrogens is 186 g/mol. The van der Waals surface area contributed by atoms with Crippen molar-refractivity contribution in [1.29, 1.82) is 0 Å². The molecule has 0 aromatic rings. The van der Waals surface area contributed by atoms with Gasteiger partial charge in [0.1, 0.15) is 0 Å². The van der Waals surface area contributed by atoms with Crippen molar-refractivity contribution in [1.82, 2.24) is 5.32 Å². The first-order valence-electron chi connectivity index (χ1n) is 4.59. The molecule has 0 heterocycles. The Morgan fingerprint density at radius 3 is 2.69 bits per heavy atom. The van der Waals surface area contributed by atoms with Crippen LogP contribution in [-0.4, -0.2) is 49.5 Å². The van der Waals surface area contributed by atoms with E-state index in [2.05, 4.69) is 18.5 Å². The molecule has 0 saturated carbocycles. The molecule has 0 radical (unpaired) electrons. The minimum absolute atomic E-state index is 0.203. The zero-order valence-electron chi connectivity index (χ0n) is 8.75. The normalized spacial score (nSPS) is 15.7. The van der Waals surface area contributed by atoms with Gasteiger partial charge >= 0.3 is 0 Å². The molecule has 0 aromatic carbocycles. The monoisotopic (exact) mass is 207 g/mol. The van der Waals surface area contributed by atoms with E-state index in [9.17, 15) is 0 Å². The molecule has 3 nitrogen and oxygen atoms in total. The third kappa shape index (κ3) is 7.31. The lowest BCUT2D eigenvalue weighted by molar-refractivity contribution is 0.153. The van der Waals surface area contributed by atoms with Gasteiger partial charge < -0.3 is 15.2 Å². The highest BCUT2D eigenvalue weighted by atomic mass is 32.2. The van der Waals surface area contributed by atoms with Crippen molar-refractivity contribution in [3.8, 4) is 0 Å². The largest absolute Gasteiger partial charge is 0.395 e. The molecule has 0 bridgehead atoms. The summed E-state index contributed by atoms with van der Waals surface area (Å²) in [6.07, 6.45) is 3.08. The fourth-order valence-corrected chi connectivity index (χ4v) is 1.71. The van der Waals surface area contributed by atoms with Gasteiger partial charge in [0.2, 0.25) is 0 Å². The smallest absolute Gasteiger partial charge is 0.0613 e. The summed E-state index contributed by atoms with van der Waals surface area (Å²) < 4.78 is 5.00. The van der Waals surface area contributed by atoms with Crippen LogP contribution in [-0.2, 0) is 4.74 Å². The van der Waals surface area contributed by atoms with Crippen LogP contribution in [0.15, 0.2) is 0 Å². The minimum atomic E-state index is 0.203. The van der Waals surface area contributed by atoms with Crippen molar-refractivity contribution in [2.75, 3.05) is 32.3 Å². The van der Waals surface area contributed by atoms with Crippen molar-refractivity contribution in [2.45, 2.75) is 25.4 Å². The highest BCUT2D eigenvalue weighted by Gasteiger charge is 2.09. The van der Waals surface area contributed by atoms with E-state index in [4.69, 9.17) is 9.84 Å². The number of rotatable bonds is 8. The van der Waals surface area contributed by atoms with Gasteiger partial charge in [-0.15, -0.1) is 0 Å². The molecule has 0 saturated heterocycles. The molecular formula is C9H21NO2S. The van der Waals surface area contributed by atoms with Gasteiger partial charge in [-0.2, -0.15) is 11.8 Å². The fraction of sp³-hybridized carbons (Fsp3) is 1.00. The predicted octanol–water partition coefficient (Wildman–Crippen LogP) is 0.725. The summed E-state index contributed by atoms with van der Waals surface area (Å²) in [5, 5.41) is 12.4. The summed E-state index contributed by atoms with van der Waals surface area (Å²) in [6.45, 7) is 2.95. The molecule has 0 amide bonds. The van der Waals surface area contributed by atoms with Crippen LogP contribution in [0.4, 0.5) is 0 Å². The number of thioether (sulfide) groups is 1. The highest BCUT2D eigenvalue weighted by Crippen LogP contribution is 2.01. The Kier molecular flexibility index (Phi) is 8.97. The standard InChI is InChI=1S/C9H21NO2S/c1-8(7-12-2)10-9(6-11)4-5-13-3/h8-11H,4-7H2,1-3H3. The molecule has 0 aliphatic heterocycles. The van der Waals surface area contributed by atoms with Crippen molar-refractivity contribution >= 4 is 11.8 Å². The van der Waals surface area contributed by atoms with E-state index in [1.165, 1.54) is 0 Å². The van der Waals surface area contributed by atoms with E-state index in [1.54, 1.807) is 18.9 Å². The van der Waals surface area contributed by atoms with Crippen LogP contribution in [0.3, 0.4) is 0 Å². The Hall–Kier alpha value is 0.230. The molecule has 0 aliphatic carbocycles. The molecule has 0 rings (SSSR count). The summed E-state index contributed by atoms with van der Waals surface area (Å²) >= 11 is 1.80. The molecule has 2 atom stereocenters. The summed E-state index contributed by atoms with van der Waals surface area (Å²) in [4.78, 5) is 0. The first-order chi connectivity index (χ1) is 6.24. The van der Waals surface area contributed by atoms with Crippen molar-refractivity contribution in [2.24, 2.45) is 0 Å². The molecule has 2 unspecified atom stereocenters. The number of aliphatic hydroxyl groups excluding tert-OH is 1. The summed E-state index contributed by atoms with van der Waals surface area (Å²) in [5.41, 5.74) is 0. The molecule has 0 fully saturated rings. The van der Waals surface area contributed by atoms with Gasteiger partial charge in [-0.3, -0.25) is 0 Å². The second kappa shape index (κ2) is 8.81. The molecule has 4 heteroatoms. The van der Waals surface area contributed by atoms with Crippen molar-refractivity contribution in [3.05, 3.63) is 0 Å². The average Bonchev–Trinajstić information content (AvgIpc) is 2.12. The number of methoxy groups -OCH3 is 1. The first-order valence-corrected chi connectivity index (χ1v) is 5.98. The number of hydrogen-bond donors (Lipinski definition) is 2. The van der Waals surface area contributed by atoms with Gasteiger partial charge in [0.25, 0.3) is 0 Å². The number of ether oxygens (including phenoxy) is 1. The molecule has 0 aliphatic rings. The average molecular weight is 207 g/mol. The van der Waals surface area contributed by atoms with Crippen molar-refractivity contribution in [3.63, 3.8) is 0 Å². The van der Waals surface area contributed by atoms with Gasteiger partial charge in [0, 0.05) is 19.2 Å². The second-order valence-electron chi connectivity index (χ2n) is 3.18. The zero-order chi connectivity index (χ0) is 10.1. The Bertz CT molecular complexity index is 114. The topological polar surface area (TPSA) is 41.5 Å². The van der Waals surface area contributed by atoms with Crippen LogP contribution < -0.4 is 5.32 Å². The van der Waals surface area contributed by atoms with Gasteiger partial charge in [-0.05, 0) is 25.4 Å². The van der Waals surface area contributed by atoms with Crippen LogP contribution in [0.5, 0.6) is 0 Å². The van der Waals surface area contributed by atoms with Gasteiger partial charge in [0.05, 0.1) is 13.2 Å². The van der Waals surface area contributed by atoms with E-state index in [0.717, 1.165) is 12.2 Å².